The van der Waals surface area contributed by atoms with Crippen molar-refractivity contribution in [3.63, 3.8) is 0 Å². The first-order valence-corrected chi connectivity index (χ1v) is 5.77. The lowest BCUT2D eigenvalue weighted by Crippen LogP contribution is -2.51. The molecule has 0 spiro atoms. The largest absolute Gasteiger partial charge is 0.481 e. The molecule has 98 valence electrons. The van der Waals surface area contributed by atoms with Crippen LogP contribution in [0.15, 0.2) is 0 Å². The van der Waals surface area contributed by atoms with Gasteiger partial charge in [0.05, 0.1) is 12.1 Å². The van der Waals surface area contributed by atoms with E-state index in [1.165, 1.54) is 0 Å². The highest BCUT2D eigenvalue weighted by Crippen LogP contribution is 2.16. The third-order valence-electron chi connectivity index (χ3n) is 2.77. The second-order valence-electron chi connectivity index (χ2n) is 4.90. The second-order valence-corrected chi connectivity index (χ2v) is 4.90. The van der Waals surface area contributed by atoms with E-state index in [9.17, 15) is 9.59 Å². The van der Waals surface area contributed by atoms with E-state index in [-0.39, 0.29) is 23.9 Å². The predicted molar refractivity (Wildman–Crippen MR) is 61.8 cm³/mol. The standard InChI is InChI=1S/C11H20N2O4/c1-8(5-9(14)15)6-12-10(16)13-11(2)3-4-17-7-11/h8H,3-7H2,1-2H3,(H,14,15)(H2,12,13,16). The number of urea groups is 1. The molecule has 1 aliphatic rings. The lowest BCUT2D eigenvalue weighted by atomic mass is 10.0. The van der Waals surface area contributed by atoms with Gasteiger partial charge >= 0.3 is 12.0 Å². The third-order valence-corrected chi connectivity index (χ3v) is 2.77. The van der Waals surface area contributed by atoms with E-state index in [0.717, 1.165) is 6.42 Å². The van der Waals surface area contributed by atoms with Crippen molar-refractivity contribution in [1.82, 2.24) is 10.6 Å². The van der Waals surface area contributed by atoms with Gasteiger partial charge in [-0.25, -0.2) is 4.79 Å². The molecule has 0 saturated carbocycles. The lowest BCUT2D eigenvalue weighted by Gasteiger charge is -2.24. The maximum Gasteiger partial charge on any atom is 0.315 e. The quantitative estimate of drug-likeness (QED) is 0.660. The summed E-state index contributed by atoms with van der Waals surface area (Å²) in [5, 5.41) is 14.1. The van der Waals surface area contributed by atoms with Gasteiger partial charge in [0, 0.05) is 19.6 Å². The average Bonchev–Trinajstić information content (AvgIpc) is 2.61. The van der Waals surface area contributed by atoms with Gasteiger partial charge in [0.2, 0.25) is 0 Å². The molecule has 1 saturated heterocycles. The van der Waals surface area contributed by atoms with Crippen molar-refractivity contribution >= 4 is 12.0 Å². The Bertz CT molecular complexity index is 287. The number of aliphatic carboxylic acids is 1. The summed E-state index contributed by atoms with van der Waals surface area (Å²) in [5.41, 5.74) is -0.305. The van der Waals surface area contributed by atoms with Crippen LogP contribution in [0.1, 0.15) is 26.7 Å². The van der Waals surface area contributed by atoms with Gasteiger partial charge in [-0.2, -0.15) is 0 Å². The highest BCUT2D eigenvalue weighted by molar-refractivity contribution is 5.75. The number of hydrogen-bond acceptors (Lipinski definition) is 3. The Hall–Kier alpha value is -1.30. The van der Waals surface area contributed by atoms with Gasteiger partial charge in [0.1, 0.15) is 0 Å². The molecule has 0 aromatic heterocycles. The summed E-state index contributed by atoms with van der Waals surface area (Å²) in [6, 6.07) is -0.268. The van der Waals surface area contributed by atoms with Crippen molar-refractivity contribution < 1.29 is 19.4 Å². The first-order valence-electron chi connectivity index (χ1n) is 5.77. The molecular weight excluding hydrogens is 224 g/mol. The maximum atomic E-state index is 11.6. The summed E-state index contributed by atoms with van der Waals surface area (Å²) in [4.78, 5) is 22.0. The summed E-state index contributed by atoms with van der Waals surface area (Å²) in [6.07, 6.45) is 0.853. The van der Waals surface area contributed by atoms with Crippen LogP contribution in [-0.4, -0.2) is 42.4 Å². The monoisotopic (exact) mass is 244 g/mol. The number of hydrogen-bond donors (Lipinski definition) is 3. The SMILES string of the molecule is CC(CNC(=O)NC1(C)CCOC1)CC(=O)O. The molecule has 1 aliphatic heterocycles. The zero-order valence-electron chi connectivity index (χ0n) is 10.3. The van der Waals surface area contributed by atoms with Crippen LogP contribution in [0.5, 0.6) is 0 Å². The summed E-state index contributed by atoms with van der Waals surface area (Å²) < 4.78 is 5.22. The molecule has 17 heavy (non-hydrogen) atoms. The molecule has 0 bridgehead atoms. The molecule has 1 heterocycles. The molecular formula is C11H20N2O4. The van der Waals surface area contributed by atoms with Crippen molar-refractivity contribution in [2.24, 2.45) is 5.92 Å². The summed E-state index contributed by atoms with van der Waals surface area (Å²) in [7, 11) is 0. The van der Waals surface area contributed by atoms with E-state index in [0.29, 0.717) is 19.8 Å². The Morgan fingerprint density at radius 3 is 2.76 bits per heavy atom. The molecule has 6 heteroatoms. The van der Waals surface area contributed by atoms with Crippen molar-refractivity contribution in [1.29, 1.82) is 0 Å². The zero-order chi connectivity index (χ0) is 12.9. The zero-order valence-corrected chi connectivity index (χ0v) is 10.3. The fourth-order valence-electron chi connectivity index (χ4n) is 1.72. The van der Waals surface area contributed by atoms with Crippen LogP contribution >= 0.6 is 0 Å². The normalized spacial score (nSPS) is 25.3. The van der Waals surface area contributed by atoms with Gasteiger partial charge < -0.3 is 20.5 Å². The van der Waals surface area contributed by atoms with Gasteiger partial charge in [-0.3, -0.25) is 4.79 Å². The fraction of sp³-hybridized carbons (Fsp3) is 0.818. The van der Waals surface area contributed by atoms with Crippen molar-refractivity contribution in [2.45, 2.75) is 32.2 Å². The molecule has 2 amide bonds. The molecule has 3 N–H and O–H groups in total. The number of carbonyl (C=O) groups excluding carboxylic acids is 1. The Morgan fingerprint density at radius 1 is 1.53 bits per heavy atom. The van der Waals surface area contributed by atoms with Crippen LogP contribution in [-0.2, 0) is 9.53 Å². The van der Waals surface area contributed by atoms with E-state index in [1.807, 2.05) is 6.92 Å². The number of nitrogens with one attached hydrogen (secondary N) is 2. The Kier molecular flexibility index (Phi) is 4.74. The van der Waals surface area contributed by atoms with Gasteiger partial charge in [0.25, 0.3) is 0 Å². The van der Waals surface area contributed by atoms with Crippen molar-refractivity contribution in [2.75, 3.05) is 19.8 Å². The number of amides is 2. The highest BCUT2D eigenvalue weighted by atomic mass is 16.5. The lowest BCUT2D eigenvalue weighted by molar-refractivity contribution is -0.137. The van der Waals surface area contributed by atoms with Crippen LogP contribution in [0.25, 0.3) is 0 Å². The van der Waals surface area contributed by atoms with Gasteiger partial charge in [-0.05, 0) is 19.3 Å². The molecule has 1 fully saturated rings. The van der Waals surface area contributed by atoms with Crippen LogP contribution < -0.4 is 10.6 Å². The highest BCUT2D eigenvalue weighted by Gasteiger charge is 2.31. The average molecular weight is 244 g/mol. The topological polar surface area (TPSA) is 87.7 Å². The van der Waals surface area contributed by atoms with Gasteiger partial charge in [0.15, 0.2) is 0 Å². The third kappa shape index (κ3) is 5.04. The first-order chi connectivity index (χ1) is 7.91. The molecule has 0 radical (unpaired) electrons. The molecule has 6 nitrogen and oxygen atoms in total. The molecule has 0 aromatic carbocycles. The molecule has 0 aromatic rings. The first kappa shape index (κ1) is 13.8. The van der Waals surface area contributed by atoms with E-state index < -0.39 is 5.97 Å². The minimum Gasteiger partial charge on any atom is -0.481 e. The van der Waals surface area contributed by atoms with Crippen molar-refractivity contribution in [3.05, 3.63) is 0 Å². The molecule has 0 aliphatic carbocycles. The molecule has 2 atom stereocenters. The molecule has 2 unspecified atom stereocenters. The summed E-state index contributed by atoms with van der Waals surface area (Å²) in [6.45, 7) is 5.25. The maximum absolute atomic E-state index is 11.6. The Morgan fingerprint density at radius 2 is 2.24 bits per heavy atom. The predicted octanol–water partition coefficient (Wildman–Crippen LogP) is 0.575. The van der Waals surface area contributed by atoms with Crippen LogP contribution in [0, 0.1) is 5.92 Å². The van der Waals surface area contributed by atoms with E-state index >= 15 is 0 Å². The minimum absolute atomic E-state index is 0.0562. The fourth-order valence-corrected chi connectivity index (χ4v) is 1.72. The number of carboxylic acid groups (broad SMARTS) is 1. The number of rotatable bonds is 5. The van der Waals surface area contributed by atoms with Gasteiger partial charge in [-0.15, -0.1) is 0 Å². The number of carbonyl (C=O) groups is 2. The minimum atomic E-state index is -0.851. The van der Waals surface area contributed by atoms with E-state index in [1.54, 1.807) is 6.92 Å². The Balaban J connectivity index is 2.23. The smallest absolute Gasteiger partial charge is 0.315 e. The van der Waals surface area contributed by atoms with Crippen LogP contribution in [0.2, 0.25) is 0 Å². The van der Waals surface area contributed by atoms with Crippen LogP contribution in [0.4, 0.5) is 4.79 Å². The van der Waals surface area contributed by atoms with Gasteiger partial charge in [-0.1, -0.05) is 6.92 Å². The number of carboxylic acids is 1. The van der Waals surface area contributed by atoms with E-state index in [4.69, 9.17) is 9.84 Å². The van der Waals surface area contributed by atoms with E-state index in [2.05, 4.69) is 10.6 Å². The summed E-state index contributed by atoms with van der Waals surface area (Å²) >= 11 is 0. The van der Waals surface area contributed by atoms with Crippen LogP contribution in [0.3, 0.4) is 0 Å². The molecule has 1 rings (SSSR count). The van der Waals surface area contributed by atoms with Crippen molar-refractivity contribution in [3.8, 4) is 0 Å². The Labute approximate surface area is 101 Å². The number of ether oxygens (including phenoxy) is 1. The second kappa shape index (κ2) is 5.86. The summed E-state index contributed by atoms with van der Waals surface area (Å²) in [5.74, 6) is -0.929.